The Morgan fingerprint density at radius 1 is 1.24 bits per heavy atom. The van der Waals surface area contributed by atoms with Crippen LogP contribution >= 0.6 is 0 Å². The molecule has 0 aliphatic heterocycles. The van der Waals surface area contributed by atoms with Crippen LogP contribution in [0.25, 0.3) is 0 Å². The van der Waals surface area contributed by atoms with Gasteiger partial charge in [0.1, 0.15) is 5.78 Å². The highest BCUT2D eigenvalue weighted by molar-refractivity contribution is 5.79. The third-order valence-corrected chi connectivity index (χ3v) is 4.11. The van der Waals surface area contributed by atoms with Crippen molar-refractivity contribution in [3.8, 4) is 0 Å². The Kier molecular flexibility index (Phi) is 6.18. The summed E-state index contributed by atoms with van der Waals surface area (Å²) in [6, 6.07) is 0. The Labute approximate surface area is 107 Å². The number of carbonyl (C=O) groups is 1. The van der Waals surface area contributed by atoms with Crippen molar-refractivity contribution < 1.29 is 4.79 Å². The average molecular weight is 239 g/mol. The molecular weight excluding hydrogens is 210 g/mol. The third-order valence-electron chi connectivity index (χ3n) is 4.11. The molecule has 100 valence electrons. The average Bonchev–Trinajstić information content (AvgIpc) is 2.29. The largest absolute Gasteiger partial charge is 0.314 e. The highest BCUT2D eigenvalue weighted by atomic mass is 16.1. The molecule has 0 radical (unpaired) electrons. The lowest BCUT2D eigenvalue weighted by atomic mass is 9.78. The van der Waals surface area contributed by atoms with Gasteiger partial charge in [-0.2, -0.15) is 0 Å². The maximum Gasteiger partial charge on any atom is 0.134 e. The fourth-order valence-corrected chi connectivity index (χ4v) is 2.92. The summed E-state index contributed by atoms with van der Waals surface area (Å²) in [5.74, 6) is 1.18. The van der Waals surface area contributed by atoms with Gasteiger partial charge in [-0.1, -0.05) is 39.5 Å². The molecule has 1 aliphatic rings. The summed E-state index contributed by atoms with van der Waals surface area (Å²) in [7, 11) is 2.02. The molecule has 0 spiro atoms. The molecule has 2 nitrogen and oxygen atoms in total. The zero-order chi connectivity index (χ0) is 12.7. The minimum Gasteiger partial charge on any atom is -0.314 e. The Bertz CT molecular complexity index is 229. The summed E-state index contributed by atoms with van der Waals surface area (Å²) in [6.07, 6.45) is 10.0. The summed E-state index contributed by atoms with van der Waals surface area (Å²) >= 11 is 0. The lowest BCUT2D eigenvalue weighted by molar-refractivity contribution is -0.121. The van der Waals surface area contributed by atoms with E-state index in [1.807, 2.05) is 7.05 Å². The number of ketones is 1. The van der Waals surface area contributed by atoms with Crippen LogP contribution in [0.2, 0.25) is 0 Å². The van der Waals surface area contributed by atoms with Gasteiger partial charge in [-0.3, -0.25) is 4.79 Å². The van der Waals surface area contributed by atoms with Crippen molar-refractivity contribution in [3.63, 3.8) is 0 Å². The number of carbonyl (C=O) groups excluding carboxylic acids is 1. The van der Waals surface area contributed by atoms with Crippen molar-refractivity contribution in [2.75, 3.05) is 7.05 Å². The van der Waals surface area contributed by atoms with Crippen molar-refractivity contribution in [1.29, 1.82) is 0 Å². The van der Waals surface area contributed by atoms with Gasteiger partial charge in [-0.25, -0.2) is 0 Å². The van der Waals surface area contributed by atoms with Gasteiger partial charge in [-0.15, -0.1) is 0 Å². The highest BCUT2D eigenvalue weighted by Crippen LogP contribution is 2.31. The van der Waals surface area contributed by atoms with E-state index in [0.29, 0.717) is 5.78 Å². The van der Waals surface area contributed by atoms with E-state index >= 15 is 0 Å². The Morgan fingerprint density at radius 3 is 2.41 bits per heavy atom. The number of hydrogen-bond acceptors (Lipinski definition) is 2. The Balaban J connectivity index is 2.32. The summed E-state index contributed by atoms with van der Waals surface area (Å²) in [5.41, 5.74) is 0.132. The van der Waals surface area contributed by atoms with E-state index in [9.17, 15) is 4.79 Å². The van der Waals surface area contributed by atoms with E-state index in [2.05, 4.69) is 19.2 Å². The molecule has 0 atom stereocenters. The van der Waals surface area contributed by atoms with Crippen molar-refractivity contribution in [2.45, 2.75) is 77.2 Å². The zero-order valence-corrected chi connectivity index (χ0v) is 11.8. The molecule has 0 bridgehead atoms. The lowest BCUT2D eigenvalue weighted by Gasteiger charge is -2.36. The molecule has 0 aromatic rings. The molecule has 0 heterocycles. The molecule has 1 rings (SSSR count). The highest BCUT2D eigenvalue weighted by Gasteiger charge is 2.32. The number of rotatable bonds is 7. The van der Waals surface area contributed by atoms with Crippen molar-refractivity contribution >= 4 is 5.78 Å². The van der Waals surface area contributed by atoms with Gasteiger partial charge in [0.25, 0.3) is 0 Å². The van der Waals surface area contributed by atoms with Crippen LogP contribution in [0.3, 0.4) is 0 Å². The summed E-state index contributed by atoms with van der Waals surface area (Å²) in [6.45, 7) is 4.45. The van der Waals surface area contributed by atoms with Crippen LogP contribution in [-0.4, -0.2) is 18.4 Å². The molecule has 1 fully saturated rings. The minimum absolute atomic E-state index is 0.132. The quantitative estimate of drug-likeness (QED) is 0.734. The van der Waals surface area contributed by atoms with Crippen LogP contribution in [0, 0.1) is 5.92 Å². The van der Waals surface area contributed by atoms with Crippen molar-refractivity contribution in [1.82, 2.24) is 5.32 Å². The number of hydrogen-bond donors (Lipinski definition) is 1. The van der Waals surface area contributed by atoms with E-state index in [4.69, 9.17) is 0 Å². The Hall–Kier alpha value is -0.370. The van der Waals surface area contributed by atoms with Gasteiger partial charge >= 0.3 is 0 Å². The van der Waals surface area contributed by atoms with Gasteiger partial charge < -0.3 is 5.32 Å². The fourth-order valence-electron chi connectivity index (χ4n) is 2.92. The molecule has 17 heavy (non-hydrogen) atoms. The first-order chi connectivity index (χ1) is 8.08. The van der Waals surface area contributed by atoms with E-state index in [0.717, 1.165) is 25.2 Å². The molecule has 0 aromatic heterocycles. The maximum atomic E-state index is 12.0. The van der Waals surface area contributed by atoms with Gasteiger partial charge in [0, 0.05) is 18.4 Å². The number of Topliss-reactive ketones (excluding diaryl/α,β-unsaturated/α-hetero) is 1. The summed E-state index contributed by atoms with van der Waals surface area (Å²) in [4.78, 5) is 12.0. The maximum absolute atomic E-state index is 12.0. The minimum atomic E-state index is 0.132. The first kappa shape index (κ1) is 14.7. The molecule has 0 saturated heterocycles. The summed E-state index contributed by atoms with van der Waals surface area (Å²) < 4.78 is 0. The normalized spacial score (nSPS) is 19.5. The molecule has 0 amide bonds. The summed E-state index contributed by atoms with van der Waals surface area (Å²) in [5, 5.41) is 3.43. The van der Waals surface area contributed by atoms with Gasteiger partial charge in [0.05, 0.1) is 0 Å². The fraction of sp³-hybridized carbons (Fsp3) is 0.933. The predicted octanol–water partition coefficient (Wildman–Crippen LogP) is 3.69. The zero-order valence-electron chi connectivity index (χ0n) is 11.8. The van der Waals surface area contributed by atoms with Crippen LogP contribution in [0.1, 0.15) is 71.6 Å². The molecule has 0 unspecified atom stereocenters. The second kappa shape index (κ2) is 7.15. The standard InChI is InChI=1S/C15H29NO/c1-13(2)8-7-9-14(17)12-15(16-3)10-5-4-6-11-15/h13,16H,4-12H2,1-3H3. The van der Waals surface area contributed by atoms with Crippen molar-refractivity contribution in [3.05, 3.63) is 0 Å². The van der Waals surface area contributed by atoms with E-state index < -0.39 is 0 Å². The smallest absolute Gasteiger partial charge is 0.134 e. The first-order valence-corrected chi connectivity index (χ1v) is 7.28. The molecule has 0 aromatic carbocycles. The topological polar surface area (TPSA) is 29.1 Å². The van der Waals surface area contributed by atoms with E-state index in [-0.39, 0.29) is 5.54 Å². The second-order valence-corrected chi connectivity index (χ2v) is 6.09. The van der Waals surface area contributed by atoms with Crippen LogP contribution in [0.15, 0.2) is 0 Å². The third kappa shape index (κ3) is 5.20. The van der Waals surface area contributed by atoms with E-state index in [1.165, 1.54) is 38.5 Å². The van der Waals surface area contributed by atoms with Crippen LogP contribution in [0.5, 0.6) is 0 Å². The SMILES string of the molecule is CNC1(CC(=O)CCCC(C)C)CCCCC1. The van der Waals surface area contributed by atoms with Crippen LogP contribution in [-0.2, 0) is 4.79 Å². The predicted molar refractivity (Wildman–Crippen MR) is 73.2 cm³/mol. The molecule has 2 heteroatoms. The molecule has 1 N–H and O–H groups in total. The van der Waals surface area contributed by atoms with Crippen molar-refractivity contribution in [2.24, 2.45) is 5.92 Å². The van der Waals surface area contributed by atoms with Gasteiger partial charge in [0.15, 0.2) is 0 Å². The van der Waals surface area contributed by atoms with Crippen LogP contribution in [0.4, 0.5) is 0 Å². The monoisotopic (exact) mass is 239 g/mol. The van der Waals surface area contributed by atoms with Gasteiger partial charge in [0.2, 0.25) is 0 Å². The molecule has 1 saturated carbocycles. The first-order valence-electron chi connectivity index (χ1n) is 7.28. The molecule has 1 aliphatic carbocycles. The van der Waals surface area contributed by atoms with Crippen LogP contribution < -0.4 is 5.32 Å². The Morgan fingerprint density at radius 2 is 1.88 bits per heavy atom. The number of nitrogens with one attached hydrogen (secondary N) is 1. The van der Waals surface area contributed by atoms with Gasteiger partial charge in [-0.05, 0) is 32.2 Å². The lowest BCUT2D eigenvalue weighted by Crippen LogP contribution is -2.46. The van der Waals surface area contributed by atoms with E-state index in [1.54, 1.807) is 0 Å². The second-order valence-electron chi connectivity index (χ2n) is 6.09. The molecular formula is C15H29NO.